The molecule has 1 unspecified atom stereocenters. The Morgan fingerprint density at radius 2 is 1.94 bits per heavy atom. The van der Waals surface area contributed by atoms with Gasteiger partial charge >= 0.3 is 0 Å². The number of nitrogens with two attached hydrogens (primary N) is 1. The van der Waals surface area contributed by atoms with Crippen molar-refractivity contribution in [2.75, 3.05) is 0 Å². The monoisotopic (exact) mass is 327 g/mol. The Kier molecular flexibility index (Phi) is 4.38. The van der Waals surface area contributed by atoms with E-state index >= 15 is 0 Å². The van der Waals surface area contributed by atoms with E-state index in [-0.39, 0.29) is 11.9 Å². The summed E-state index contributed by atoms with van der Waals surface area (Å²) in [6, 6.07) is 11.8. The van der Waals surface area contributed by atoms with Crippen molar-refractivity contribution >= 4 is 27.5 Å². The molecule has 2 N–H and O–H groups in total. The lowest BCUT2D eigenvalue weighted by molar-refractivity contribution is 0.593. The summed E-state index contributed by atoms with van der Waals surface area (Å²) in [6.07, 6.45) is 0.451. The van der Waals surface area contributed by atoms with Crippen LogP contribution >= 0.6 is 27.5 Å². The summed E-state index contributed by atoms with van der Waals surface area (Å²) in [6.45, 7) is 0. The largest absolute Gasteiger partial charge is 0.324 e. The lowest BCUT2D eigenvalue weighted by Gasteiger charge is -2.14. The molecular weight excluding hydrogens is 317 g/mol. The molecule has 2 aromatic carbocycles. The molecule has 1 atom stereocenters. The molecule has 0 saturated heterocycles. The molecule has 0 fully saturated rings. The maximum atomic E-state index is 13.5. The van der Waals surface area contributed by atoms with Crippen molar-refractivity contribution in [1.29, 1.82) is 0 Å². The Hall–Kier alpha value is -0.900. The topological polar surface area (TPSA) is 26.0 Å². The normalized spacial score (nSPS) is 12.4. The van der Waals surface area contributed by atoms with Crippen LogP contribution in [0.25, 0.3) is 0 Å². The summed E-state index contributed by atoms with van der Waals surface area (Å²) < 4.78 is 14.4. The van der Waals surface area contributed by atoms with Crippen LogP contribution in [0.4, 0.5) is 4.39 Å². The average molecular weight is 329 g/mol. The quantitative estimate of drug-likeness (QED) is 0.883. The molecule has 0 aliphatic heterocycles. The highest BCUT2D eigenvalue weighted by Gasteiger charge is 2.13. The van der Waals surface area contributed by atoms with Gasteiger partial charge in [0.1, 0.15) is 5.82 Å². The second kappa shape index (κ2) is 5.83. The molecule has 0 bridgehead atoms. The van der Waals surface area contributed by atoms with Gasteiger partial charge in [0.2, 0.25) is 0 Å². The van der Waals surface area contributed by atoms with Crippen LogP contribution in [0.1, 0.15) is 17.2 Å². The van der Waals surface area contributed by atoms with Crippen molar-refractivity contribution in [2.45, 2.75) is 12.5 Å². The first-order valence-corrected chi connectivity index (χ1v) is 6.69. The lowest BCUT2D eigenvalue weighted by atomic mass is 9.99. The maximum absolute atomic E-state index is 13.5. The third-order valence-corrected chi connectivity index (χ3v) is 3.68. The second-order valence-corrected chi connectivity index (χ2v) is 5.36. The fraction of sp³-hybridized carbons (Fsp3) is 0.143. The van der Waals surface area contributed by atoms with E-state index in [9.17, 15) is 4.39 Å². The van der Waals surface area contributed by atoms with Crippen molar-refractivity contribution in [2.24, 2.45) is 5.73 Å². The average Bonchev–Trinajstić information content (AvgIpc) is 2.32. The minimum Gasteiger partial charge on any atom is -0.324 e. The Labute approximate surface area is 119 Å². The Morgan fingerprint density at radius 3 is 2.61 bits per heavy atom. The Morgan fingerprint density at radius 1 is 1.22 bits per heavy atom. The molecule has 0 radical (unpaired) electrons. The third kappa shape index (κ3) is 3.10. The molecule has 0 heterocycles. The first-order chi connectivity index (χ1) is 8.58. The van der Waals surface area contributed by atoms with Gasteiger partial charge in [-0.2, -0.15) is 0 Å². The Balaban J connectivity index is 2.22. The van der Waals surface area contributed by atoms with Crippen LogP contribution in [-0.4, -0.2) is 0 Å². The van der Waals surface area contributed by atoms with Gasteiger partial charge < -0.3 is 5.73 Å². The van der Waals surface area contributed by atoms with E-state index in [1.54, 1.807) is 24.3 Å². The van der Waals surface area contributed by atoms with E-state index in [4.69, 9.17) is 17.3 Å². The summed E-state index contributed by atoms with van der Waals surface area (Å²) in [5, 5.41) is 0.642. The number of halogens is 3. The van der Waals surface area contributed by atoms with Gasteiger partial charge in [0.05, 0.1) is 0 Å². The molecule has 2 aromatic rings. The number of hydrogen-bond acceptors (Lipinski definition) is 1. The van der Waals surface area contributed by atoms with Gasteiger partial charge in [-0.05, 0) is 35.7 Å². The maximum Gasteiger partial charge on any atom is 0.126 e. The van der Waals surface area contributed by atoms with Crippen molar-refractivity contribution < 1.29 is 4.39 Å². The van der Waals surface area contributed by atoms with Gasteiger partial charge in [0, 0.05) is 15.5 Å². The van der Waals surface area contributed by atoms with Gasteiger partial charge in [0.25, 0.3) is 0 Å². The van der Waals surface area contributed by atoms with Gasteiger partial charge in [-0.15, -0.1) is 0 Å². The highest BCUT2D eigenvalue weighted by Crippen LogP contribution is 2.27. The number of hydrogen-bond donors (Lipinski definition) is 1. The van der Waals surface area contributed by atoms with Crippen molar-refractivity contribution in [3.05, 3.63) is 68.9 Å². The van der Waals surface area contributed by atoms with Crippen LogP contribution in [0.15, 0.2) is 46.9 Å². The molecule has 1 nitrogen and oxygen atoms in total. The van der Waals surface area contributed by atoms with Crippen LogP contribution in [-0.2, 0) is 6.42 Å². The number of benzene rings is 2. The fourth-order valence-electron chi connectivity index (χ4n) is 1.81. The minimum absolute atomic E-state index is 0.224. The highest BCUT2D eigenvalue weighted by atomic mass is 79.9. The molecule has 0 spiro atoms. The summed E-state index contributed by atoms with van der Waals surface area (Å²) in [5.41, 5.74) is 7.64. The SMILES string of the molecule is NC(Cc1ccccc1F)c1ccc(Cl)cc1Br. The number of rotatable bonds is 3. The Bertz CT molecular complexity index is 559. The molecule has 4 heteroatoms. The van der Waals surface area contributed by atoms with E-state index in [1.807, 2.05) is 12.1 Å². The zero-order valence-electron chi connectivity index (χ0n) is 9.54. The summed E-state index contributed by atoms with van der Waals surface area (Å²) in [4.78, 5) is 0. The van der Waals surface area contributed by atoms with E-state index in [2.05, 4.69) is 15.9 Å². The molecule has 0 aliphatic carbocycles. The molecule has 2 rings (SSSR count). The van der Waals surface area contributed by atoms with Gasteiger partial charge in [-0.1, -0.05) is 51.8 Å². The molecule has 18 heavy (non-hydrogen) atoms. The summed E-state index contributed by atoms with van der Waals surface area (Å²) in [5.74, 6) is -0.224. The van der Waals surface area contributed by atoms with Crippen LogP contribution in [0, 0.1) is 5.82 Å². The first-order valence-electron chi connectivity index (χ1n) is 5.52. The zero-order valence-corrected chi connectivity index (χ0v) is 11.9. The van der Waals surface area contributed by atoms with Crippen LogP contribution in [0.5, 0.6) is 0 Å². The smallest absolute Gasteiger partial charge is 0.126 e. The van der Waals surface area contributed by atoms with Gasteiger partial charge in [-0.25, -0.2) is 4.39 Å². The van der Waals surface area contributed by atoms with Crippen LogP contribution in [0.2, 0.25) is 5.02 Å². The van der Waals surface area contributed by atoms with Crippen molar-refractivity contribution in [1.82, 2.24) is 0 Å². The van der Waals surface area contributed by atoms with E-state index in [1.165, 1.54) is 6.07 Å². The fourth-order valence-corrected chi connectivity index (χ4v) is 2.79. The lowest BCUT2D eigenvalue weighted by Crippen LogP contribution is -2.14. The van der Waals surface area contributed by atoms with Crippen LogP contribution < -0.4 is 5.73 Å². The van der Waals surface area contributed by atoms with Gasteiger partial charge in [0.15, 0.2) is 0 Å². The van der Waals surface area contributed by atoms with E-state index < -0.39 is 0 Å². The second-order valence-electron chi connectivity index (χ2n) is 4.07. The standard InChI is InChI=1S/C14H12BrClFN/c15-12-8-10(16)5-6-11(12)14(18)7-9-3-1-2-4-13(9)17/h1-6,8,14H,7,18H2. The third-order valence-electron chi connectivity index (χ3n) is 2.76. The van der Waals surface area contributed by atoms with Gasteiger partial charge in [-0.3, -0.25) is 0 Å². The summed E-state index contributed by atoms with van der Waals surface area (Å²) >= 11 is 9.30. The molecule has 0 saturated carbocycles. The molecular formula is C14H12BrClFN. The first kappa shape index (κ1) is 13.5. The van der Waals surface area contributed by atoms with Crippen molar-refractivity contribution in [3.8, 4) is 0 Å². The minimum atomic E-state index is -0.270. The van der Waals surface area contributed by atoms with Crippen molar-refractivity contribution in [3.63, 3.8) is 0 Å². The predicted molar refractivity (Wildman–Crippen MR) is 76.2 cm³/mol. The molecule has 94 valence electrons. The van der Waals surface area contributed by atoms with Crippen LogP contribution in [0.3, 0.4) is 0 Å². The van der Waals surface area contributed by atoms with E-state index in [0.29, 0.717) is 17.0 Å². The zero-order chi connectivity index (χ0) is 13.1. The summed E-state index contributed by atoms with van der Waals surface area (Å²) in [7, 11) is 0. The highest BCUT2D eigenvalue weighted by molar-refractivity contribution is 9.10. The molecule has 0 aromatic heterocycles. The molecule has 0 aliphatic rings. The predicted octanol–water partition coefficient (Wildman–Crippen LogP) is 4.48. The van der Waals surface area contributed by atoms with E-state index in [0.717, 1.165) is 10.0 Å². The molecule has 0 amide bonds.